The molecular formula is C12H26BO4. The molecule has 4 nitrogen and oxygen atoms in total. The second-order valence-corrected chi connectivity index (χ2v) is 6.47. The second-order valence-electron chi connectivity index (χ2n) is 6.47. The highest BCUT2D eigenvalue weighted by molar-refractivity contribution is 6.18. The quantitative estimate of drug-likeness (QED) is 0.698. The summed E-state index contributed by atoms with van der Waals surface area (Å²) in [5.74, 6) is 0. The first-order chi connectivity index (χ1) is 7.21. The van der Waals surface area contributed by atoms with Crippen LogP contribution in [-0.4, -0.2) is 40.3 Å². The molecule has 0 aliphatic heterocycles. The van der Waals surface area contributed by atoms with Gasteiger partial charge in [0.15, 0.2) is 0 Å². The number of hydrogen-bond acceptors (Lipinski definition) is 4. The van der Waals surface area contributed by atoms with E-state index in [1.807, 2.05) is 0 Å². The molecule has 1 radical (unpaired) electrons. The van der Waals surface area contributed by atoms with Gasteiger partial charge in [0.2, 0.25) is 0 Å². The normalized spacial score (nSPS) is 14.9. The Balaban J connectivity index is 4.36. The van der Waals surface area contributed by atoms with Gasteiger partial charge in [-0.1, -0.05) is 0 Å². The standard InChI is InChI=1S/C12H26BO4/c1-9(2,14)11(5,6)16-13-17-12(7,8)10(3,4)15/h14-15H,1-8H3. The molecule has 101 valence electrons. The van der Waals surface area contributed by atoms with Crippen LogP contribution in [0.15, 0.2) is 0 Å². The molecule has 0 bridgehead atoms. The Morgan fingerprint density at radius 1 is 0.647 bits per heavy atom. The number of aliphatic hydroxyl groups is 2. The Labute approximate surface area is 106 Å². The third-order valence-corrected chi connectivity index (χ3v) is 3.63. The van der Waals surface area contributed by atoms with Gasteiger partial charge in [0, 0.05) is 0 Å². The highest BCUT2D eigenvalue weighted by Gasteiger charge is 2.39. The summed E-state index contributed by atoms with van der Waals surface area (Å²) in [6, 6.07) is 0. The molecule has 0 heterocycles. The lowest BCUT2D eigenvalue weighted by molar-refractivity contribution is -0.127. The maximum absolute atomic E-state index is 9.88. The lowest BCUT2D eigenvalue weighted by Crippen LogP contribution is -2.52. The van der Waals surface area contributed by atoms with Crippen molar-refractivity contribution in [3.05, 3.63) is 0 Å². The molecule has 17 heavy (non-hydrogen) atoms. The van der Waals surface area contributed by atoms with Crippen LogP contribution < -0.4 is 0 Å². The van der Waals surface area contributed by atoms with Gasteiger partial charge in [-0.3, -0.25) is 0 Å². The minimum Gasteiger partial charge on any atom is -0.405 e. The summed E-state index contributed by atoms with van der Waals surface area (Å²) >= 11 is 0. The van der Waals surface area contributed by atoms with Crippen molar-refractivity contribution in [2.45, 2.75) is 77.8 Å². The van der Waals surface area contributed by atoms with E-state index in [1.165, 1.54) is 7.69 Å². The summed E-state index contributed by atoms with van der Waals surface area (Å²) in [6.45, 7) is 13.7. The van der Waals surface area contributed by atoms with E-state index < -0.39 is 22.4 Å². The Bertz CT molecular complexity index is 222. The minimum atomic E-state index is -0.994. The van der Waals surface area contributed by atoms with Gasteiger partial charge in [-0.25, -0.2) is 0 Å². The predicted octanol–water partition coefficient (Wildman–Crippen LogP) is 1.65. The van der Waals surface area contributed by atoms with E-state index in [-0.39, 0.29) is 0 Å². The van der Waals surface area contributed by atoms with Crippen LogP contribution >= 0.6 is 0 Å². The fraction of sp³-hybridized carbons (Fsp3) is 1.00. The molecule has 0 aliphatic carbocycles. The van der Waals surface area contributed by atoms with Crippen molar-refractivity contribution in [3.8, 4) is 0 Å². The molecule has 0 aromatic carbocycles. The van der Waals surface area contributed by atoms with Crippen LogP contribution in [-0.2, 0) is 9.31 Å². The van der Waals surface area contributed by atoms with Gasteiger partial charge in [-0.15, -0.1) is 0 Å². The van der Waals surface area contributed by atoms with Crippen LogP contribution in [0.4, 0.5) is 0 Å². The van der Waals surface area contributed by atoms with Crippen molar-refractivity contribution in [2.75, 3.05) is 0 Å². The van der Waals surface area contributed by atoms with Crippen LogP contribution in [0, 0.1) is 0 Å². The van der Waals surface area contributed by atoms with Gasteiger partial charge in [-0.2, -0.15) is 0 Å². The molecule has 2 N–H and O–H groups in total. The molecule has 0 atom stereocenters. The second kappa shape index (κ2) is 4.88. The molecule has 0 aromatic heterocycles. The minimum absolute atomic E-state index is 0.775. The van der Waals surface area contributed by atoms with Gasteiger partial charge < -0.3 is 19.5 Å². The first kappa shape index (κ1) is 16.9. The van der Waals surface area contributed by atoms with E-state index >= 15 is 0 Å². The smallest absolute Gasteiger partial charge is 0.405 e. The summed E-state index contributed by atoms with van der Waals surface area (Å²) in [6.07, 6.45) is 0. The van der Waals surface area contributed by atoms with Crippen LogP contribution in [0.1, 0.15) is 55.4 Å². The molecular weight excluding hydrogens is 219 g/mol. The maximum atomic E-state index is 9.88. The molecule has 0 fully saturated rings. The Morgan fingerprint density at radius 2 is 0.882 bits per heavy atom. The van der Waals surface area contributed by atoms with Gasteiger partial charge >= 0.3 is 7.69 Å². The molecule has 0 aromatic rings. The van der Waals surface area contributed by atoms with Crippen LogP contribution in [0.5, 0.6) is 0 Å². The lowest BCUT2D eigenvalue weighted by atomic mass is 9.87. The number of hydrogen-bond donors (Lipinski definition) is 2. The third-order valence-electron chi connectivity index (χ3n) is 3.63. The largest absolute Gasteiger partial charge is 0.488 e. The summed E-state index contributed by atoms with van der Waals surface area (Å²) in [7, 11) is 1.19. The van der Waals surface area contributed by atoms with E-state index in [9.17, 15) is 10.2 Å². The molecule has 5 heteroatoms. The summed E-state index contributed by atoms with van der Waals surface area (Å²) < 4.78 is 10.8. The molecule has 0 aliphatic rings. The van der Waals surface area contributed by atoms with Crippen molar-refractivity contribution < 1.29 is 19.5 Å². The first-order valence-electron chi connectivity index (χ1n) is 5.83. The van der Waals surface area contributed by atoms with Crippen molar-refractivity contribution in [3.63, 3.8) is 0 Å². The van der Waals surface area contributed by atoms with Gasteiger partial charge in [0.25, 0.3) is 0 Å². The summed E-state index contributed by atoms with van der Waals surface area (Å²) in [5.41, 5.74) is -3.54. The molecule has 0 amide bonds. The number of rotatable bonds is 6. The van der Waals surface area contributed by atoms with Crippen LogP contribution in [0.3, 0.4) is 0 Å². The molecule has 0 rings (SSSR count). The van der Waals surface area contributed by atoms with Crippen molar-refractivity contribution in [2.24, 2.45) is 0 Å². The zero-order chi connectivity index (χ0) is 14.1. The Kier molecular flexibility index (Phi) is 4.85. The fourth-order valence-electron chi connectivity index (χ4n) is 0.553. The molecule has 0 saturated carbocycles. The maximum Gasteiger partial charge on any atom is 0.488 e. The Morgan fingerprint density at radius 3 is 1.06 bits per heavy atom. The average Bonchev–Trinajstić information content (AvgIpc) is 1.98. The first-order valence-corrected chi connectivity index (χ1v) is 5.83. The molecule has 0 saturated heterocycles. The van der Waals surface area contributed by atoms with E-state index in [4.69, 9.17) is 9.31 Å². The van der Waals surface area contributed by atoms with Gasteiger partial charge in [0.05, 0.1) is 22.4 Å². The van der Waals surface area contributed by atoms with E-state index in [2.05, 4.69) is 0 Å². The van der Waals surface area contributed by atoms with Gasteiger partial charge in [0.1, 0.15) is 0 Å². The summed E-state index contributed by atoms with van der Waals surface area (Å²) in [5, 5.41) is 19.8. The predicted molar refractivity (Wildman–Crippen MR) is 68.7 cm³/mol. The van der Waals surface area contributed by atoms with E-state index in [0.29, 0.717) is 0 Å². The highest BCUT2D eigenvalue weighted by atomic mass is 16.6. The van der Waals surface area contributed by atoms with Crippen molar-refractivity contribution in [1.82, 2.24) is 0 Å². The molecule has 0 spiro atoms. The monoisotopic (exact) mass is 245 g/mol. The molecule has 0 unspecified atom stereocenters. The van der Waals surface area contributed by atoms with Gasteiger partial charge in [-0.05, 0) is 55.4 Å². The zero-order valence-corrected chi connectivity index (χ0v) is 12.3. The third kappa shape index (κ3) is 4.58. The van der Waals surface area contributed by atoms with Crippen molar-refractivity contribution >= 4 is 7.69 Å². The van der Waals surface area contributed by atoms with Crippen LogP contribution in [0.2, 0.25) is 0 Å². The zero-order valence-electron chi connectivity index (χ0n) is 12.3. The average molecular weight is 245 g/mol. The summed E-state index contributed by atoms with van der Waals surface area (Å²) in [4.78, 5) is 0. The van der Waals surface area contributed by atoms with Crippen LogP contribution in [0.25, 0.3) is 0 Å². The highest BCUT2D eigenvalue weighted by Crippen LogP contribution is 2.27. The topological polar surface area (TPSA) is 58.9 Å². The lowest BCUT2D eigenvalue weighted by Gasteiger charge is -2.40. The van der Waals surface area contributed by atoms with Crippen molar-refractivity contribution in [1.29, 1.82) is 0 Å². The SMILES string of the molecule is CC(C)(O)C(C)(C)O[B]OC(C)(C)C(C)(C)O. The Hall–Kier alpha value is -0.0951. The van der Waals surface area contributed by atoms with E-state index in [0.717, 1.165) is 0 Å². The van der Waals surface area contributed by atoms with E-state index in [1.54, 1.807) is 55.4 Å². The fourth-order valence-corrected chi connectivity index (χ4v) is 0.553.